The van der Waals surface area contributed by atoms with E-state index in [0.717, 1.165) is 19.1 Å². The minimum Gasteiger partial charge on any atom is -0.381 e. The van der Waals surface area contributed by atoms with Crippen LogP contribution in [0, 0.1) is 0 Å². The van der Waals surface area contributed by atoms with Crippen LogP contribution >= 0.6 is 0 Å². The number of aliphatic hydroxyl groups is 1. The first kappa shape index (κ1) is 26.3. The molecule has 0 radical (unpaired) electrons. The predicted octanol–water partition coefficient (Wildman–Crippen LogP) is 5.22. The molecule has 0 heterocycles. The van der Waals surface area contributed by atoms with Crippen LogP contribution in [-0.4, -0.2) is 23.7 Å². The van der Waals surface area contributed by atoms with Crippen LogP contribution in [0.3, 0.4) is 0 Å². The summed E-state index contributed by atoms with van der Waals surface area (Å²) in [5.74, 6) is -0.610. The number of benzene rings is 2. The van der Waals surface area contributed by atoms with Gasteiger partial charge in [-0.15, -0.1) is 0 Å². The highest BCUT2D eigenvalue weighted by molar-refractivity contribution is 5.72. The molecule has 0 bridgehead atoms. The lowest BCUT2D eigenvalue weighted by molar-refractivity contribution is -0.260. The molecule has 0 aliphatic heterocycles. The normalized spacial score (nSPS) is 14.5. The molecule has 0 unspecified atom stereocenters. The zero-order valence-corrected chi connectivity index (χ0v) is 16.7. The van der Waals surface area contributed by atoms with Crippen molar-refractivity contribution in [2.75, 3.05) is 11.9 Å². The van der Waals surface area contributed by atoms with Crippen LogP contribution in [0.2, 0.25) is 0 Å². The zero-order valence-electron chi connectivity index (χ0n) is 16.7. The second kappa shape index (κ2) is 9.12. The lowest BCUT2D eigenvalue weighted by Crippen LogP contribution is -2.48. The predicted molar refractivity (Wildman–Crippen MR) is 98.9 cm³/mol. The number of rotatable bonds is 6. The first-order chi connectivity index (χ1) is 14.9. The van der Waals surface area contributed by atoms with Gasteiger partial charge in [-0.3, -0.25) is 4.79 Å². The van der Waals surface area contributed by atoms with Gasteiger partial charge in [-0.2, -0.15) is 39.5 Å². The Hall–Kier alpha value is -2.96. The van der Waals surface area contributed by atoms with E-state index in [2.05, 4.69) is 5.32 Å². The van der Waals surface area contributed by atoms with Crippen molar-refractivity contribution in [3.63, 3.8) is 0 Å². The average molecular weight is 488 g/mol. The van der Waals surface area contributed by atoms with Crippen molar-refractivity contribution in [1.82, 2.24) is 5.32 Å². The number of nitrogens with one attached hydrogen (secondary N) is 2. The molecule has 13 heteroatoms. The summed E-state index contributed by atoms with van der Waals surface area (Å²) in [5, 5.41) is 14.5. The first-order valence-electron chi connectivity index (χ1n) is 9.10. The Labute approximate surface area is 181 Å². The second-order valence-electron chi connectivity index (χ2n) is 7.07. The largest absolute Gasteiger partial charge is 0.423 e. The SMILES string of the molecule is CC(=O)NCc1ccc(NC[C@](O)(c2cccc(C(F)(F)F)c2)C(F)(F)F)cc1C(F)(F)F. The van der Waals surface area contributed by atoms with E-state index in [9.17, 15) is 49.4 Å². The summed E-state index contributed by atoms with van der Waals surface area (Å²) >= 11 is 0. The molecular weight excluding hydrogens is 471 g/mol. The fourth-order valence-electron chi connectivity index (χ4n) is 2.87. The van der Waals surface area contributed by atoms with Gasteiger partial charge >= 0.3 is 18.5 Å². The molecule has 0 spiro atoms. The van der Waals surface area contributed by atoms with Gasteiger partial charge in [0.05, 0.1) is 17.7 Å². The number of carbonyl (C=O) groups is 1. The molecule has 1 atom stereocenters. The number of carbonyl (C=O) groups excluding carboxylic acids is 1. The molecule has 0 aromatic heterocycles. The fraction of sp³-hybridized carbons (Fsp3) is 0.350. The van der Waals surface area contributed by atoms with Crippen molar-refractivity contribution in [3.05, 3.63) is 64.7 Å². The van der Waals surface area contributed by atoms with E-state index in [-0.39, 0.29) is 11.6 Å². The Morgan fingerprint density at radius 3 is 2.00 bits per heavy atom. The number of amides is 1. The molecule has 3 N–H and O–H groups in total. The standard InChI is InChI=1S/C20H17F9N2O2/c1-11(32)30-9-12-5-6-15(8-16(12)19(24,25)26)31-10-17(33,20(27,28)29)13-3-2-4-14(7-13)18(21,22)23/h2-8,31,33H,9-10H2,1H3,(H,30,32)/t17-/m0/s1. The van der Waals surface area contributed by atoms with E-state index < -0.39 is 65.5 Å². The van der Waals surface area contributed by atoms with Crippen LogP contribution in [0.4, 0.5) is 45.2 Å². The summed E-state index contributed by atoms with van der Waals surface area (Å²) in [5.41, 5.74) is -8.53. The Kier molecular flexibility index (Phi) is 7.27. The van der Waals surface area contributed by atoms with Crippen molar-refractivity contribution in [1.29, 1.82) is 0 Å². The number of hydrogen-bond acceptors (Lipinski definition) is 3. The van der Waals surface area contributed by atoms with Gasteiger partial charge < -0.3 is 15.7 Å². The smallest absolute Gasteiger partial charge is 0.381 e. The minimum absolute atomic E-state index is 0.118. The molecule has 2 rings (SSSR count). The topological polar surface area (TPSA) is 61.4 Å². The minimum atomic E-state index is -5.47. The molecule has 0 fully saturated rings. The third kappa shape index (κ3) is 6.30. The summed E-state index contributed by atoms with van der Waals surface area (Å²) in [7, 11) is 0. The Morgan fingerprint density at radius 2 is 1.48 bits per heavy atom. The highest BCUT2D eigenvalue weighted by Crippen LogP contribution is 2.41. The number of alkyl halides is 9. The van der Waals surface area contributed by atoms with Crippen LogP contribution in [0.25, 0.3) is 0 Å². The highest BCUT2D eigenvalue weighted by Gasteiger charge is 2.55. The third-order valence-electron chi connectivity index (χ3n) is 4.63. The zero-order chi connectivity index (χ0) is 25.2. The molecule has 0 saturated heterocycles. The number of halogens is 9. The van der Waals surface area contributed by atoms with Crippen molar-refractivity contribution in [3.8, 4) is 0 Å². The third-order valence-corrected chi connectivity index (χ3v) is 4.63. The van der Waals surface area contributed by atoms with Crippen molar-refractivity contribution < 1.29 is 49.4 Å². The summed E-state index contributed by atoms with van der Waals surface area (Å²) in [4.78, 5) is 11.0. The van der Waals surface area contributed by atoms with Crippen LogP contribution in [0.15, 0.2) is 42.5 Å². The molecule has 4 nitrogen and oxygen atoms in total. The van der Waals surface area contributed by atoms with Gasteiger partial charge in [0.15, 0.2) is 0 Å². The summed E-state index contributed by atoms with van der Waals surface area (Å²) in [6.07, 6.45) is -15.4. The van der Waals surface area contributed by atoms with E-state index in [4.69, 9.17) is 0 Å². The molecule has 2 aromatic rings. The number of hydrogen-bond donors (Lipinski definition) is 3. The van der Waals surface area contributed by atoms with E-state index in [1.165, 1.54) is 0 Å². The maximum absolute atomic E-state index is 13.6. The number of anilines is 1. The van der Waals surface area contributed by atoms with Gasteiger partial charge in [-0.05, 0) is 35.4 Å². The van der Waals surface area contributed by atoms with E-state index >= 15 is 0 Å². The van der Waals surface area contributed by atoms with Gasteiger partial charge in [0.1, 0.15) is 0 Å². The van der Waals surface area contributed by atoms with Crippen molar-refractivity contribution >= 4 is 11.6 Å². The van der Waals surface area contributed by atoms with Crippen LogP contribution < -0.4 is 10.6 Å². The van der Waals surface area contributed by atoms with Gasteiger partial charge in [0, 0.05) is 19.2 Å². The second-order valence-corrected chi connectivity index (χ2v) is 7.07. The Balaban J connectivity index is 2.40. The van der Waals surface area contributed by atoms with Crippen molar-refractivity contribution in [2.45, 2.75) is 37.6 Å². The average Bonchev–Trinajstić information content (AvgIpc) is 2.68. The molecule has 33 heavy (non-hydrogen) atoms. The van der Waals surface area contributed by atoms with Gasteiger partial charge in [-0.1, -0.05) is 18.2 Å². The van der Waals surface area contributed by atoms with Crippen LogP contribution in [0.1, 0.15) is 29.2 Å². The van der Waals surface area contributed by atoms with Gasteiger partial charge in [0.2, 0.25) is 11.5 Å². The molecule has 1 amide bonds. The van der Waals surface area contributed by atoms with E-state index in [1.807, 2.05) is 5.32 Å². The highest BCUT2D eigenvalue weighted by atomic mass is 19.4. The van der Waals surface area contributed by atoms with Gasteiger partial charge in [-0.25, -0.2) is 0 Å². The Morgan fingerprint density at radius 1 is 0.879 bits per heavy atom. The lowest BCUT2D eigenvalue weighted by Gasteiger charge is -2.32. The molecule has 182 valence electrons. The Bertz CT molecular complexity index is 1000. The fourth-order valence-corrected chi connectivity index (χ4v) is 2.87. The summed E-state index contributed by atoms with van der Waals surface area (Å²) < 4.78 is 120. The van der Waals surface area contributed by atoms with Crippen molar-refractivity contribution in [2.24, 2.45) is 0 Å². The monoisotopic (exact) mass is 488 g/mol. The maximum atomic E-state index is 13.6. The molecule has 2 aromatic carbocycles. The van der Waals surface area contributed by atoms with E-state index in [0.29, 0.717) is 24.3 Å². The molecule has 0 saturated carbocycles. The summed E-state index contributed by atoms with van der Waals surface area (Å²) in [6.45, 7) is -0.893. The molecule has 0 aliphatic rings. The van der Waals surface area contributed by atoms with Crippen LogP contribution in [0.5, 0.6) is 0 Å². The lowest BCUT2D eigenvalue weighted by atomic mass is 9.91. The van der Waals surface area contributed by atoms with Crippen LogP contribution in [-0.2, 0) is 29.3 Å². The van der Waals surface area contributed by atoms with Gasteiger partial charge in [0.25, 0.3) is 0 Å². The first-order valence-corrected chi connectivity index (χ1v) is 9.10. The maximum Gasteiger partial charge on any atom is 0.423 e. The summed E-state index contributed by atoms with van der Waals surface area (Å²) in [6, 6.07) is 4.30. The quantitative estimate of drug-likeness (QED) is 0.489. The molecular formula is C20H17F9N2O2. The van der Waals surface area contributed by atoms with E-state index in [1.54, 1.807) is 0 Å². The molecule has 0 aliphatic carbocycles.